The van der Waals surface area contributed by atoms with Crippen molar-refractivity contribution in [3.63, 3.8) is 0 Å². The molecule has 6 nitrogen and oxygen atoms in total. The van der Waals surface area contributed by atoms with E-state index in [0.717, 1.165) is 0 Å². The van der Waals surface area contributed by atoms with Crippen LogP contribution >= 0.6 is 0 Å². The van der Waals surface area contributed by atoms with Crippen LogP contribution in [0.3, 0.4) is 0 Å². The Hall–Kier alpha value is -2.63. The van der Waals surface area contributed by atoms with Crippen LogP contribution in [0.2, 0.25) is 0 Å². The van der Waals surface area contributed by atoms with Crippen LogP contribution in [0.25, 0.3) is 0 Å². The molecule has 0 aromatic carbocycles. The van der Waals surface area contributed by atoms with Gasteiger partial charge in [-0.15, -0.1) is 0 Å². The standard InChI is InChI=1S/C12H11N3O3/c1-7-6-9(10(14-7)12(17)18)15-11(16)8-2-4-13-5-3-8/h2-6,14H,1H3,(H,15,16)(H,17,18). The third-order valence-corrected chi connectivity index (χ3v) is 2.36. The summed E-state index contributed by atoms with van der Waals surface area (Å²) >= 11 is 0. The smallest absolute Gasteiger partial charge is 0.354 e. The maximum atomic E-state index is 11.9. The lowest BCUT2D eigenvalue weighted by Crippen LogP contribution is -2.14. The second-order valence-corrected chi connectivity index (χ2v) is 3.74. The highest BCUT2D eigenvalue weighted by atomic mass is 16.4. The van der Waals surface area contributed by atoms with Gasteiger partial charge in [-0.2, -0.15) is 0 Å². The molecule has 1 amide bonds. The number of aryl methyl sites for hydroxylation is 1. The van der Waals surface area contributed by atoms with Gasteiger partial charge in [-0.05, 0) is 25.1 Å². The summed E-state index contributed by atoms with van der Waals surface area (Å²) in [6.45, 7) is 1.72. The lowest BCUT2D eigenvalue weighted by molar-refractivity contribution is 0.0692. The molecule has 92 valence electrons. The zero-order valence-corrected chi connectivity index (χ0v) is 9.60. The fourth-order valence-corrected chi connectivity index (χ4v) is 1.55. The van der Waals surface area contributed by atoms with Gasteiger partial charge in [-0.1, -0.05) is 0 Å². The van der Waals surface area contributed by atoms with Gasteiger partial charge in [-0.25, -0.2) is 4.79 Å². The molecule has 0 unspecified atom stereocenters. The van der Waals surface area contributed by atoms with Gasteiger partial charge in [0.15, 0.2) is 0 Å². The van der Waals surface area contributed by atoms with Crippen molar-refractivity contribution in [2.75, 3.05) is 5.32 Å². The summed E-state index contributed by atoms with van der Waals surface area (Å²) in [4.78, 5) is 29.3. The molecule has 0 aliphatic rings. The minimum atomic E-state index is -1.12. The molecular weight excluding hydrogens is 234 g/mol. The third kappa shape index (κ3) is 2.37. The number of carboxylic acid groups (broad SMARTS) is 1. The summed E-state index contributed by atoms with van der Waals surface area (Å²) in [7, 11) is 0. The predicted molar refractivity (Wildman–Crippen MR) is 64.7 cm³/mol. The number of rotatable bonds is 3. The van der Waals surface area contributed by atoms with E-state index < -0.39 is 5.97 Å². The third-order valence-electron chi connectivity index (χ3n) is 2.36. The number of carbonyl (C=O) groups is 2. The van der Waals surface area contributed by atoms with Gasteiger partial charge >= 0.3 is 5.97 Å². The lowest BCUT2D eigenvalue weighted by atomic mass is 10.2. The van der Waals surface area contributed by atoms with E-state index in [-0.39, 0.29) is 17.3 Å². The summed E-state index contributed by atoms with van der Waals surface area (Å²) < 4.78 is 0. The maximum absolute atomic E-state index is 11.9. The minimum absolute atomic E-state index is 0.0325. The molecule has 18 heavy (non-hydrogen) atoms. The number of nitrogens with one attached hydrogen (secondary N) is 2. The van der Waals surface area contributed by atoms with E-state index in [9.17, 15) is 9.59 Å². The summed E-state index contributed by atoms with van der Waals surface area (Å²) in [5.74, 6) is -1.49. The highest BCUT2D eigenvalue weighted by Crippen LogP contribution is 2.17. The monoisotopic (exact) mass is 245 g/mol. The minimum Gasteiger partial charge on any atom is -0.477 e. The van der Waals surface area contributed by atoms with E-state index in [1.165, 1.54) is 12.4 Å². The molecule has 0 saturated carbocycles. The number of aromatic carboxylic acids is 1. The Morgan fingerprint density at radius 3 is 2.61 bits per heavy atom. The van der Waals surface area contributed by atoms with Gasteiger partial charge in [0.1, 0.15) is 5.69 Å². The zero-order valence-electron chi connectivity index (χ0n) is 9.60. The van der Waals surface area contributed by atoms with Crippen molar-refractivity contribution in [1.29, 1.82) is 0 Å². The molecule has 0 aliphatic carbocycles. The largest absolute Gasteiger partial charge is 0.477 e. The van der Waals surface area contributed by atoms with Crippen LogP contribution in [0, 0.1) is 6.92 Å². The summed E-state index contributed by atoms with van der Waals surface area (Å²) in [6, 6.07) is 4.67. The second kappa shape index (κ2) is 4.70. The first-order valence-electron chi connectivity index (χ1n) is 5.22. The van der Waals surface area contributed by atoms with Crippen LogP contribution in [-0.4, -0.2) is 27.0 Å². The SMILES string of the molecule is Cc1cc(NC(=O)c2ccncc2)c(C(=O)O)[nH]1. The molecular formula is C12H11N3O3. The van der Waals surface area contributed by atoms with E-state index in [4.69, 9.17) is 5.11 Å². The molecule has 6 heteroatoms. The topological polar surface area (TPSA) is 95.1 Å². The molecule has 2 aromatic heterocycles. The van der Waals surface area contributed by atoms with Crippen LogP contribution in [0.1, 0.15) is 26.5 Å². The number of hydrogen-bond donors (Lipinski definition) is 3. The van der Waals surface area contributed by atoms with Gasteiger partial charge in [0, 0.05) is 23.7 Å². The quantitative estimate of drug-likeness (QED) is 0.766. The number of hydrogen-bond acceptors (Lipinski definition) is 3. The fraction of sp³-hybridized carbons (Fsp3) is 0.0833. The number of pyridine rings is 1. The number of H-pyrrole nitrogens is 1. The van der Waals surface area contributed by atoms with Gasteiger partial charge in [-0.3, -0.25) is 9.78 Å². The summed E-state index contributed by atoms with van der Waals surface area (Å²) in [5.41, 5.74) is 1.30. The molecule has 3 N–H and O–H groups in total. The molecule has 2 aromatic rings. The zero-order chi connectivity index (χ0) is 13.1. The van der Waals surface area contributed by atoms with E-state index in [0.29, 0.717) is 11.3 Å². The van der Waals surface area contributed by atoms with Crippen LogP contribution in [0.15, 0.2) is 30.6 Å². The number of amides is 1. The number of aromatic amines is 1. The van der Waals surface area contributed by atoms with Gasteiger partial charge in [0.05, 0.1) is 5.69 Å². The van der Waals surface area contributed by atoms with Crippen molar-refractivity contribution in [2.45, 2.75) is 6.92 Å². The average molecular weight is 245 g/mol. The molecule has 0 aliphatic heterocycles. The van der Waals surface area contributed by atoms with Crippen molar-refractivity contribution < 1.29 is 14.7 Å². The number of carbonyl (C=O) groups excluding carboxylic acids is 1. The van der Waals surface area contributed by atoms with Gasteiger partial charge < -0.3 is 15.4 Å². The molecule has 2 rings (SSSR count). The maximum Gasteiger partial charge on any atom is 0.354 e. The van der Waals surface area contributed by atoms with Crippen LogP contribution in [0.4, 0.5) is 5.69 Å². The van der Waals surface area contributed by atoms with Crippen molar-refractivity contribution in [3.05, 3.63) is 47.5 Å². The van der Waals surface area contributed by atoms with E-state index in [2.05, 4.69) is 15.3 Å². The number of carboxylic acids is 1. The Kier molecular flexibility index (Phi) is 3.09. The van der Waals surface area contributed by atoms with E-state index in [1.54, 1.807) is 25.1 Å². The van der Waals surface area contributed by atoms with Gasteiger partial charge in [0.2, 0.25) is 0 Å². The highest BCUT2D eigenvalue weighted by molar-refractivity contribution is 6.07. The molecule has 2 heterocycles. The number of anilines is 1. The Labute approximate surface area is 103 Å². The van der Waals surface area contributed by atoms with Crippen LogP contribution in [-0.2, 0) is 0 Å². The number of nitrogens with zero attached hydrogens (tertiary/aromatic N) is 1. The first-order valence-corrected chi connectivity index (χ1v) is 5.22. The van der Waals surface area contributed by atoms with Crippen molar-refractivity contribution in [3.8, 4) is 0 Å². The first-order chi connectivity index (χ1) is 8.58. The molecule has 0 fully saturated rings. The number of aromatic nitrogens is 2. The van der Waals surface area contributed by atoms with Crippen LogP contribution in [0.5, 0.6) is 0 Å². The fourth-order valence-electron chi connectivity index (χ4n) is 1.55. The normalized spacial score (nSPS) is 10.1. The Bertz CT molecular complexity index is 590. The summed E-state index contributed by atoms with van der Waals surface area (Å²) in [5, 5.41) is 11.5. The molecule has 0 spiro atoms. The Morgan fingerprint density at radius 1 is 1.33 bits per heavy atom. The molecule has 0 atom stereocenters. The van der Waals surface area contributed by atoms with Crippen molar-refractivity contribution in [1.82, 2.24) is 9.97 Å². The second-order valence-electron chi connectivity index (χ2n) is 3.74. The molecule has 0 radical (unpaired) electrons. The predicted octanol–water partition coefficient (Wildman–Crippen LogP) is 1.67. The Morgan fingerprint density at radius 2 is 2.00 bits per heavy atom. The van der Waals surface area contributed by atoms with Crippen molar-refractivity contribution >= 4 is 17.6 Å². The average Bonchev–Trinajstić information content (AvgIpc) is 2.71. The highest BCUT2D eigenvalue weighted by Gasteiger charge is 2.15. The van der Waals surface area contributed by atoms with Crippen LogP contribution < -0.4 is 5.32 Å². The van der Waals surface area contributed by atoms with E-state index >= 15 is 0 Å². The summed E-state index contributed by atoms with van der Waals surface area (Å²) in [6.07, 6.45) is 2.99. The van der Waals surface area contributed by atoms with Crippen molar-refractivity contribution in [2.24, 2.45) is 0 Å². The Balaban J connectivity index is 2.25. The molecule has 0 saturated heterocycles. The first kappa shape index (κ1) is 11.8. The lowest BCUT2D eigenvalue weighted by Gasteiger charge is -2.03. The van der Waals surface area contributed by atoms with E-state index in [1.807, 2.05) is 0 Å². The molecule has 0 bridgehead atoms. The van der Waals surface area contributed by atoms with Gasteiger partial charge in [0.25, 0.3) is 5.91 Å².